The van der Waals surface area contributed by atoms with Crippen LogP contribution in [0.5, 0.6) is 0 Å². The summed E-state index contributed by atoms with van der Waals surface area (Å²) in [7, 11) is 1.90. The zero-order valence-corrected chi connectivity index (χ0v) is 10.6. The van der Waals surface area contributed by atoms with E-state index in [0.29, 0.717) is 0 Å². The summed E-state index contributed by atoms with van der Waals surface area (Å²) in [4.78, 5) is 9.22. The standard InChI is InChI=1S/C15H17N3/c1-16-14-10-13(12-5-3-2-4-6-12)17-15(18-14)9-11-7-8-11/h2-6,10-11H,7-9H2,1H3,(H,16,17,18). The van der Waals surface area contributed by atoms with Gasteiger partial charge in [-0.3, -0.25) is 0 Å². The molecule has 0 bridgehead atoms. The molecule has 0 atom stereocenters. The molecule has 1 saturated carbocycles. The maximum atomic E-state index is 4.68. The van der Waals surface area contributed by atoms with E-state index in [2.05, 4.69) is 27.4 Å². The Morgan fingerprint density at radius 1 is 1.17 bits per heavy atom. The van der Waals surface area contributed by atoms with Crippen molar-refractivity contribution >= 4 is 5.82 Å². The fraction of sp³-hybridized carbons (Fsp3) is 0.333. The smallest absolute Gasteiger partial charge is 0.131 e. The van der Waals surface area contributed by atoms with E-state index >= 15 is 0 Å². The van der Waals surface area contributed by atoms with Crippen molar-refractivity contribution in [1.82, 2.24) is 9.97 Å². The molecule has 2 aromatic rings. The fourth-order valence-electron chi connectivity index (χ4n) is 2.05. The van der Waals surface area contributed by atoms with Gasteiger partial charge in [-0.15, -0.1) is 0 Å². The van der Waals surface area contributed by atoms with Crippen LogP contribution in [0.2, 0.25) is 0 Å². The van der Waals surface area contributed by atoms with Crippen molar-refractivity contribution in [3.63, 3.8) is 0 Å². The summed E-state index contributed by atoms with van der Waals surface area (Å²) in [6.45, 7) is 0. The van der Waals surface area contributed by atoms with Gasteiger partial charge in [0.05, 0.1) is 5.69 Å². The van der Waals surface area contributed by atoms with Crippen molar-refractivity contribution in [2.75, 3.05) is 12.4 Å². The van der Waals surface area contributed by atoms with E-state index in [1.165, 1.54) is 12.8 Å². The minimum Gasteiger partial charge on any atom is -0.373 e. The normalized spacial score (nSPS) is 14.5. The van der Waals surface area contributed by atoms with Gasteiger partial charge in [-0.25, -0.2) is 9.97 Å². The van der Waals surface area contributed by atoms with E-state index in [-0.39, 0.29) is 0 Å². The maximum Gasteiger partial charge on any atom is 0.131 e. The Balaban J connectivity index is 1.97. The van der Waals surface area contributed by atoms with Crippen molar-refractivity contribution in [2.24, 2.45) is 5.92 Å². The quantitative estimate of drug-likeness (QED) is 0.890. The van der Waals surface area contributed by atoms with Crippen molar-refractivity contribution in [2.45, 2.75) is 19.3 Å². The van der Waals surface area contributed by atoms with Crippen molar-refractivity contribution < 1.29 is 0 Å². The first-order valence-corrected chi connectivity index (χ1v) is 6.46. The van der Waals surface area contributed by atoms with Gasteiger partial charge in [0.1, 0.15) is 11.6 Å². The Kier molecular flexibility index (Phi) is 2.97. The van der Waals surface area contributed by atoms with Crippen LogP contribution in [-0.4, -0.2) is 17.0 Å². The van der Waals surface area contributed by atoms with Crippen molar-refractivity contribution in [3.8, 4) is 11.3 Å². The molecular formula is C15H17N3. The average molecular weight is 239 g/mol. The van der Waals surface area contributed by atoms with Gasteiger partial charge in [0, 0.05) is 25.1 Å². The number of nitrogens with one attached hydrogen (secondary N) is 1. The van der Waals surface area contributed by atoms with Gasteiger partial charge >= 0.3 is 0 Å². The van der Waals surface area contributed by atoms with E-state index < -0.39 is 0 Å². The van der Waals surface area contributed by atoms with Crippen LogP contribution in [0.3, 0.4) is 0 Å². The number of rotatable bonds is 4. The molecule has 3 nitrogen and oxygen atoms in total. The van der Waals surface area contributed by atoms with Gasteiger partial charge in [0.15, 0.2) is 0 Å². The maximum absolute atomic E-state index is 4.68. The third-order valence-corrected chi connectivity index (χ3v) is 3.27. The lowest BCUT2D eigenvalue weighted by molar-refractivity contribution is 0.772. The van der Waals surface area contributed by atoms with Gasteiger partial charge in [-0.2, -0.15) is 0 Å². The summed E-state index contributed by atoms with van der Waals surface area (Å²) < 4.78 is 0. The largest absolute Gasteiger partial charge is 0.373 e. The monoisotopic (exact) mass is 239 g/mol. The van der Waals surface area contributed by atoms with Gasteiger partial charge in [-0.05, 0) is 18.8 Å². The van der Waals surface area contributed by atoms with E-state index in [4.69, 9.17) is 0 Å². The van der Waals surface area contributed by atoms with E-state index in [9.17, 15) is 0 Å². The second-order valence-electron chi connectivity index (χ2n) is 4.82. The van der Waals surface area contributed by atoms with Crippen LogP contribution in [0.25, 0.3) is 11.3 Å². The topological polar surface area (TPSA) is 37.8 Å². The number of benzene rings is 1. The predicted octanol–water partition coefficient (Wildman–Crippen LogP) is 3.14. The molecule has 3 heteroatoms. The lowest BCUT2D eigenvalue weighted by atomic mass is 10.1. The highest BCUT2D eigenvalue weighted by atomic mass is 15.0. The Morgan fingerprint density at radius 2 is 1.94 bits per heavy atom. The molecule has 1 N–H and O–H groups in total. The van der Waals surface area contributed by atoms with Crippen LogP contribution in [0, 0.1) is 5.92 Å². The second kappa shape index (κ2) is 4.77. The molecule has 0 radical (unpaired) electrons. The molecule has 92 valence electrons. The number of hydrogen-bond donors (Lipinski definition) is 1. The first-order chi connectivity index (χ1) is 8.85. The zero-order chi connectivity index (χ0) is 12.4. The number of hydrogen-bond acceptors (Lipinski definition) is 3. The van der Waals surface area contributed by atoms with Crippen LogP contribution in [-0.2, 0) is 6.42 Å². The summed E-state index contributed by atoms with van der Waals surface area (Å²) >= 11 is 0. The molecule has 1 aromatic heterocycles. The molecule has 1 fully saturated rings. The van der Waals surface area contributed by atoms with Gasteiger partial charge in [0.25, 0.3) is 0 Å². The molecule has 18 heavy (non-hydrogen) atoms. The highest BCUT2D eigenvalue weighted by Crippen LogP contribution is 2.32. The number of nitrogens with zero attached hydrogens (tertiary/aromatic N) is 2. The number of anilines is 1. The first kappa shape index (κ1) is 11.2. The SMILES string of the molecule is CNc1cc(-c2ccccc2)nc(CC2CC2)n1. The van der Waals surface area contributed by atoms with Crippen LogP contribution in [0.4, 0.5) is 5.82 Å². The van der Waals surface area contributed by atoms with E-state index in [1.807, 2.05) is 31.3 Å². The van der Waals surface area contributed by atoms with Gasteiger partial charge in [0.2, 0.25) is 0 Å². The predicted molar refractivity (Wildman–Crippen MR) is 73.4 cm³/mol. The molecule has 1 heterocycles. The van der Waals surface area contributed by atoms with Crippen LogP contribution >= 0.6 is 0 Å². The lowest BCUT2D eigenvalue weighted by Gasteiger charge is -2.07. The van der Waals surface area contributed by atoms with Crippen molar-refractivity contribution in [1.29, 1.82) is 0 Å². The second-order valence-corrected chi connectivity index (χ2v) is 4.82. The molecular weight excluding hydrogens is 222 g/mol. The van der Waals surface area contributed by atoms with E-state index in [1.54, 1.807) is 0 Å². The summed E-state index contributed by atoms with van der Waals surface area (Å²) in [6.07, 6.45) is 3.66. The van der Waals surface area contributed by atoms with Crippen LogP contribution < -0.4 is 5.32 Å². The third kappa shape index (κ3) is 2.50. The Bertz CT molecular complexity index is 533. The Hall–Kier alpha value is -1.90. The molecule has 0 spiro atoms. The molecule has 1 aromatic carbocycles. The molecule has 0 amide bonds. The minimum atomic E-state index is 0.806. The zero-order valence-electron chi connectivity index (χ0n) is 10.6. The minimum absolute atomic E-state index is 0.806. The summed E-state index contributed by atoms with van der Waals surface area (Å²) in [5, 5.41) is 3.12. The third-order valence-electron chi connectivity index (χ3n) is 3.27. The van der Waals surface area contributed by atoms with Crippen molar-refractivity contribution in [3.05, 3.63) is 42.2 Å². The van der Waals surface area contributed by atoms with Gasteiger partial charge in [-0.1, -0.05) is 30.3 Å². The van der Waals surface area contributed by atoms with E-state index in [0.717, 1.165) is 35.2 Å². The average Bonchev–Trinajstić information content (AvgIpc) is 3.23. The molecule has 3 rings (SSSR count). The summed E-state index contributed by atoms with van der Waals surface area (Å²) in [5.74, 6) is 2.67. The van der Waals surface area contributed by atoms with Crippen LogP contribution in [0.15, 0.2) is 36.4 Å². The Morgan fingerprint density at radius 3 is 2.61 bits per heavy atom. The first-order valence-electron chi connectivity index (χ1n) is 6.46. The highest BCUT2D eigenvalue weighted by molar-refractivity contribution is 5.62. The molecule has 1 aliphatic rings. The van der Waals surface area contributed by atoms with Gasteiger partial charge < -0.3 is 5.32 Å². The molecule has 1 aliphatic carbocycles. The summed E-state index contributed by atoms with van der Waals surface area (Å²) in [5.41, 5.74) is 2.15. The molecule has 0 aliphatic heterocycles. The van der Waals surface area contributed by atoms with Crippen LogP contribution in [0.1, 0.15) is 18.7 Å². The highest BCUT2D eigenvalue weighted by Gasteiger charge is 2.23. The number of aromatic nitrogens is 2. The lowest BCUT2D eigenvalue weighted by Crippen LogP contribution is -2.02. The summed E-state index contributed by atoms with van der Waals surface area (Å²) in [6, 6.07) is 12.3. The fourth-order valence-corrected chi connectivity index (χ4v) is 2.05. The molecule has 0 saturated heterocycles. The molecule has 0 unspecified atom stereocenters. The Labute approximate surface area is 107 Å².